The molecule has 118 valence electrons. The number of nitrogens with zero attached hydrogens (tertiary/aromatic N) is 1. The summed E-state index contributed by atoms with van der Waals surface area (Å²) in [6, 6.07) is 3.51. The Morgan fingerprint density at radius 3 is 2.71 bits per heavy atom. The van der Waals surface area contributed by atoms with Gasteiger partial charge in [-0.05, 0) is 24.1 Å². The van der Waals surface area contributed by atoms with Gasteiger partial charge in [0.2, 0.25) is 10.0 Å². The molecule has 1 aliphatic heterocycles. The van der Waals surface area contributed by atoms with E-state index in [2.05, 4.69) is 15.9 Å². The number of nitrogens with two attached hydrogens (primary N) is 1. The van der Waals surface area contributed by atoms with Crippen LogP contribution in [0.4, 0.5) is 0 Å². The maximum absolute atomic E-state index is 12.8. The van der Waals surface area contributed by atoms with Crippen LogP contribution in [-0.2, 0) is 16.4 Å². The number of hydrogen-bond acceptors (Lipinski definition) is 4. The van der Waals surface area contributed by atoms with Crippen LogP contribution in [-0.4, -0.2) is 39.5 Å². The lowest BCUT2D eigenvalue weighted by Gasteiger charge is -2.28. The van der Waals surface area contributed by atoms with Crippen LogP contribution in [0.1, 0.15) is 19.4 Å². The van der Waals surface area contributed by atoms with Crippen LogP contribution in [0.3, 0.4) is 0 Å². The highest BCUT2D eigenvalue weighted by atomic mass is 79.9. The molecule has 21 heavy (non-hydrogen) atoms. The van der Waals surface area contributed by atoms with Gasteiger partial charge in [-0.3, -0.25) is 0 Å². The third kappa shape index (κ3) is 3.41. The van der Waals surface area contributed by atoms with Gasteiger partial charge in [0.05, 0.1) is 6.61 Å². The second kappa shape index (κ2) is 5.87. The minimum absolute atomic E-state index is 0.222. The predicted molar refractivity (Wildman–Crippen MR) is 86.0 cm³/mol. The molecule has 0 bridgehead atoms. The Morgan fingerprint density at radius 2 is 2.10 bits per heavy atom. The van der Waals surface area contributed by atoms with Crippen molar-refractivity contribution in [2.45, 2.75) is 25.2 Å². The van der Waals surface area contributed by atoms with Gasteiger partial charge >= 0.3 is 0 Å². The van der Waals surface area contributed by atoms with Crippen molar-refractivity contribution in [1.29, 1.82) is 0 Å². The van der Waals surface area contributed by atoms with Gasteiger partial charge in [-0.2, -0.15) is 0 Å². The molecule has 0 radical (unpaired) electrons. The summed E-state index contributed by atoms with van der Waals surface area (Å²) >= 11 is 3.37. The average molecular weight is 377 g/mol. The van der Waals surface area contributed by atoms with Crippen molar-refractivity contribution in [2.75, 3.05) is 26.7 Å². The van der Waals surface area contributed by atoms with Gasteiger partial charge in [-0.25, -0.2) is 12.7 Å². The Morgan fingerprint density at radius 1 is 1.43 bits per heavy atom. The van der Waals surface area contributed by atoms with Gasteiger partial charge in [0, 0.05) is 30.0 Å². The molecule has 0 aromatic heterocycles. The van der Waals surface area contributed by atoms with Gasteiger partial charge < -0.3 is 10.5 Å². The zero-order valence-corrected chi connectivity index (χ0v) is 14.9. The first-order valence-corrected chi connectivity index (χ1v) is 9.02. The summed E-state index contributed by atoms with van der Waals surface area (Å²) in [4.78, 5) is 0.222. The first kappa shape index (κ1) is 16.7. The first-order valence-electron chi connectivity index (χ1n) is 6.79. The number of fused-ring (bicyclic) bond motifs is 1. The van der Waals surface area contributed by atoms with E-state index < -0.39 is 10.0 Å². The van der Waals surface area contributed by atoms with Gasteiger partial charge in [0.1, 0.15) is 10.6 Å². The van der Waals surface area contributed by atoms with Crippen LogP contribution < -0.4 is 10.5 Å². The van der Waals surface area contributed by atoms with E-state index in [-0.39, 0.29) is 10.3 Å². The molecular formula is C14H21BrN2O3S. The van der Waals surface area contributed by atoms with Gasteiger partial charge in [0.15, 0.2) is 0 Å². The maximum Gasteiger partial charge on any atom is 0.246 e. The van der Waals surface area contributed by atoms with E-state index in [0.29, 0.717) is 25.4 Å². The summed E-state index contributed by atoms with van der Waals surface area (Å²) in [5, 5.41) is 0. The zero-order chi connectivity index (χ0) is 15.8. The van der Waals surface area contributed by atoms with Crippen molar-refractivity contribution in [1.82, 2.24) is 4.31 Å². The molecule has 0 unspecified atom stereocenters. The standard InChI is InChI=1S/C14H21BrN2O3S/c1-14(2,8-16)9-17(3)21(18,19)12-7-11(15)6-10-4-5-20-13(10)12/h6-7H,4-5,8-9,16H2,1-3H3. The summed E-state index contributed by atoms with van der Waals surface area (Å²) in [6.45, 7) is 5.18. The first-order chi connectivity index (χ1) is 9.67. The Hall–Kier alpha value is -0.630. The minimum Gasteiger partial charge on any atom is -0.492 e. The molecule has 0 saturated heterocycles. The average Bonchev–Trinajstić information content (AvgIpc) is 2.84. The highest BCUT2D eigenvalue weighted by Crippen LogP contribution is 2.37. The molecule has 1 aromatic rings. The molecule has 2 rings (SSSR count). The van der Waals surface area contributed by atoms with E-state index >= 15 is 0 Å². The lowest BCUT2D eigenvalue weighted by Crippen LogP contribution is -2.39. The smallest absolute Gasteiger partial charge is 0.246 e. The van der Waals surface area contributed by atoms with Crippen molar-refractivity contribution < 1.29 is 13.2 Å². The number of hydrogen-bond donors (Lipinski definition) is 1. The topological polar surface area (TPSA) is 72.6 Å². The molecule has 0 saturated carbocycles. The Kier molecular flexibility index (Phi) is 4.68. The summed E-state index contributed by atoms with van der Waals surface area (Å²) in [6.07, 6.45) is 0.731. The highest BCUT2D eigenvalue weighted by molar-refractivity contribution is 9.10. The van der Waals surface area contributed by atoms with E-state index in [1.165, 1.54) is 4.31 Å². The second-order valence-electron chi connectivity index (χ2n) is 6.12. The molecule has 1 aliphatic rings. The second-order valence-corrected chi connectivity index (χ2v) is 9.05. The third-order valence-corrected chi connectivity index (χ3v) is 5.87. The fraction of sp³-hybridized carbons (Fsp3) is 0.571. The molecule has 0 fully saturated rings. The molecule has 0 atom stereocenters. The van der Waals surface area contributed by atoms with Crippen molar-refractivity contribution in [2.24, 2.45) is 11.1 Å². The van der Waals surface area contributed by atoms with Gasteiger partial charge in [0.25, 0.3) is 0 Å². The van der Waals surface area contributed by atoms with Crippen LogP contribution in [0.25, 0.3) is 0 Å². The van der Waals surface area contributed by atoms with Crippen molar-refractivity contribution >= 4 is 26.0 Å². The lowest BCUT2D eigenvalue weighted by molar-refractivity contribution is 0.290. The number of rotatable bonds is 5. The van der Waals surface area contributed by atoms with Crippen LogP contribution in [0, 0.1) is 5.41 Å². The molecule has 5 nitrogen and oxygen atoms in total. The molecule has 1 aromatic carbocycles. The van der Waals surface area contributed by atoms with Gasteiger partial charge in [-0.1, -0.05) is 29.8 Å². The highest BCUT2D eigenvalue weighted by Gasteiger charge is 2.32. The Balaban J connectivity index is 2.41. The van der Waals surface area contributed by atoms with E-state index in [4.69, 9.17) is 10.5 Å². The molecule has 1 heterocycles. The number of sulfonamides is 1. The van der Waals surface area contributed by atoms with Crippen LogP contribution in [0.15, 0.2) is 21.5 Å². The summed E-state index contributed by atoms with van der Waals surface area (Å²) < 4.78 is 33.3. The van der Waals surface area contributed by atoms with Crippen molar-refractivity contribution in [3.63, 3.8) is 0 Å². The third-order valence-electron chi connectivity index (χ3n) is 3.61. The van der Waals surface area contributed by atoms with Crippen LogP contribution >= 0.6 is 15.9 Å². The number of halogens is 1. The molecule has 0 aliphatic carbocycles. The molecule has 7 heteroatoms. The number of benzene rings is 1. The molecular weight excluding hydrogens is 356 g/mol. The largest absolute Gasteiger partial charge is 0.492 e. The molecule has 0 amide bonds. The Labute approximate surface area is 134 Å². The fourth-order valence-electron chi connectivity index (χ4n) is 2.35. The van der Waals surface area contributed by atoms with E-state index in [1.54, 1.807) is 13.1 Å². The normalized spacial score (nSPS) is 15.1. The van der Waals surface area contributed by atoms with Crippen molar-refractivity contribution in [3.05, 3.63) is 22.2 Å². The predicted octanol–water partition coefficient (Wildman–Crippen LogP) is 1.99. The SMILES string of the molecule is CN(CC(C)(C)CN)S(=O)(=O)c1cc(Br)cc2c1OCC2. The summed E-state index contributed by atoms with van der Waals surface area (Å²) in [5.41, 5.74) is 6.34. The number of ether oxygens (including phenoxy) is 1. The fourth-order valence-corrected chi connectivity index (χ4v) is 4.56. The lowest BCUT2D eigenvalue weighted by atomic mass is 9.94. The van der Waals surface area contributed by atoms with Crippen LogP contribution in [0.2, 0.25) is 0 Å². The zero-order valence-electron chi connectivity index (χ0n) is 12.5. The van der Waals surface area contributed by atoms with E-state index in [0.717, 1.165) is 16.5 Å². The van der Waals surface area contributed by atoms with Gasteiger partial charge in [-0.15, -0.1) is 0 Å². The summed E-state index contributed by atoms with van der Waals surface area (Å²) in [7, 11) is -2.03. The van der Waals surface area contributed by atoms with Crippen LogP contribution in [0.5, 0.6) is 5.75 Å². The van der Waals surface area contributed by atoms with Crippen molar-refractivity contribution in [3.8, 4) is 5.75 Å². The molecule has 0 spiro atoms. The van der Waals surface area contributed by atoms with E-state index in [1.807, 2.05) is 19.9 Å². The summed E-state index contributed by atoms with van der Waals surface area (Å²) in [5.74, 6) is 0.482. The Bertz CT molecular complexity index is 644. The maximum atomic E-state index is 12.8. The molecule has 2 N–H and O–H groups in total. The van der Waals surface area contributed by atoms with E-state index in [9.17, 15) is 8.42 Å². The quantitative estimate of drug-likeness (QED) is 0.852. The monoisotopic (exact) mass is 376 g/mol. The minimum atomic E-state index is -3.61.